The lowest BCUT2D eigenvalue weighted by Gasteiger charge is -2.38. The summed E-state index contributed by atoms with van der Waals surface area (Å²) in [5.41, 5.74) is 1.88. The molecule has 4 heterocycles. The van der Waals surface area contributed by atoms with Gasteiger partial charge in [-0.2, -0.15) is 0 Å². The fourth-order valence-corrected chi connectivity index (χ4v) is 5.59. The van der Waals surface area contributed by atoms with Crippen LogP contribution in [0.2, 0.25) is 0 Å². The molecule has 9 heteroatoms. The van der Waals surface area contributed by atoms with E-state index in [2.05, 4.69) is 10.2 Å². The lowest BCUT2D eigenvalue weighted by Crippen LogP contribution is -2.52. The molecule has 5 rings (SSSR count). The van der Waals surface area contributed by atoms with E-state index in [0.717, 1.165) is 42.8 Å². The van der Waals surface area contributed by atoms with E-state index >= 15 is 0 Å². The van der Waals surface area contributed by atoms with Gasteiger partial charge in [0.05, 0.1) is 19.7 Å². The maximum absolute atomic E-state index is 13.1. The van der Waals surface area contributed by atoms with E-state index in [0.29, 0.717) is 25.1 Å². The van der Waals surface area contributed by atoms with Crippen LogP contribution in [-0.2, 0) is 31.1 Å². The van der Waals surface area contributed by atoms with Gasteiger partial charge in [0.1, 0.15) is 17.4 Å². The molecule has 182 valence electrons. The summed E-state index contributed by atoms with van der Waals surface area (Å²) in [7, 11) is 0. The maximum atomic E-state index is 13.1. The molecule has 1 aromatic rings. The van der Waals surface area contributed by atoms with Gasteiger partial charge in [0.2, 0.25) is 11.8 Å². The van der Waals surface area contributed by atoms with Crippen LogP contribution in [-0.4, -0.2) is 71.4 Å². The van der Waals surface area contributed by atoms with Gasteiger partial charge in [0, 0.05) is 28.5 Å². The van der Waals surface area contributed by atoms with Crippen LogP contribution in [0, 0.1) is 0 Å². The van der Waals surface area contributed by atoms with Gasteiger partial charge in [-0.25, -0.2) is 0 Å². The number of carbonyl (C=O) groups is 4. The van der Waals surface area contributed by atoms with Crippen molar-refractivity contribution in [1.29, 1.82) is 0 Å². The quantitative estimate of drug-likeness (QED) is 0.529. The minimum Gasteiger partial charge on any atom is -0.492 e. The number of hydrogen-bond acceptors (Lipinski definition) is 7. The van der Waals surface area contributed by atoms with Crippen LogP contribution in [0.3, 0.4) is 0 Å². The van der Waals surface area contributed by atoms with Crippen molar-refractivity contribution >= 4 is 23.7 Å². The Morgan fingerprint density at radius 1 is 1.21 bits per heavy atom. The second-order valence-electron chi connectivity index (χ2n) is 10.8. The van der Waals surface area contributed by atoms with Crippen LogP contribution in [0.1, 0.15) is 67.9 Å². The highest BCUT2D eigenvalue weighted by Crippen LogP contribution is 2.49. The summed E-state index contributed by atoms with van der Waals surface area (Å²) >= 11 is 0. The molecule has 2 saturated heterocycles. The number of benzene rings is 1. The molecule has 1 aromatic carbocycles. The first-order valence-electron chi connectivity index (χ1n) is 11.9. The number of hydrogen-bond donors (Lipinski definition) is 1. The minimum atomic E-state index is -0.639. The normalized spacial score (nSPS) is 24.0. The van der Waals surface area contributed by atoms with Crippen molar-refractivity contribution in [3.05, 3.63) is 28.8 Å². The predicted molar refractivity (Wildman–Crippen MR) is 121 cm³/mol. The zero-order chi connectivity index (χ0) is 24.3. The molecule has 1 spiro atoms. The molecule has 1 atom stereocenters. The molecular weight excluding hydrogens is 438 g/mol. The summed E-state index contributed by atoms with van der Waals surface area (Å²) in [6.45, 7) is 8.27. The van der Waals surface area contributed by atoms with Crippen LogP contribution in [0.25, 0.3) is 0 Å². The summed E-state index contributed by atoms with van der Waals surface area (Å²) in [6.07, 6.45) is 2.28. The summed E-state index contributed by atoms with van der Waals surface area (Å²) < 4.78 is 11.7. The van der Waals surface area contributed by atoms with E-state index in [1.165, 1.54) is 0 Å². The number of likely N-dealkylation sites (tertiary alicyclic amines) is 1. The third kappa shape index (κ3) is 3.96. The minimum absolute atomic E-state index is 0.139. The number of nitrogens with one attached hydrogen (secondary N) is 1. The largest absolute Gasteiger partial charge is 0.492 e. The molecule has 0 unspecified atom stereocenters. The van der Waals surface area contributed by atoms with E-state index in [9.17, 15) is 19.2 Å². The van der Waals surface area contributed by atoms with Gasteiger partial charge in [-0.1, -0.05) is 6.07 Å². The molecule has 9 nitrogen and oxygen atoms in total. The van der Waals surface area contributed by atoms with Crippen LogP contribution < -0.4 is 10.1 Å². The molecule has 34 heavy (non-hydrogen) atoms. The molecule has 1 N–H and O–H groups in total. The Morgan fingerprint density at radius 3 is 2.62 bits per heavy atom. The van der Waals surface area contributed by atoms with E-state index in [1.54, 1.807) is 4.90 Å². The highest BCUT2D eigenvalue weighted by molar-refractivity contribution is 6.05. The Kier molecular flexibility index (Phi) is 5.42. The monoisotopic (exact) mass is 469 g/mol. The van der Waals surface area contributed by atoms with Crippen LogP contribution in [0.15, 0.2) is 12.1 Å². The Morgan fingerprint density at radius 2 is 1.94 bits per heavy atom. The van der Waals surface area contributed by atoms with Crippen LogP contribution in [0.5, 0.6) is 5.75 Å². The lowest BCUT2D eigenvalue weighted by molar-refractivity contribution is -0.156. The van der Waals surface area contributed by atoms with Crippen molar-refractivity contribution in [1.82, 2.24) is 15.1 Å². The van der Waals surface area contributed by atoms with E-state index in [-0.39, 0.29) is 36.2 Å². The molecule has 0 aliphatic carbocycles. The summed E-state index contributed by atoms with van der Waals surface area (Å²) in [6, 6.07) is 3.21. The molecule has 4 aliphatic rings. The fourth-order valence-electron chi connectivity index (χ4n) is 5.59. The van der Waals surface area contributed by atoms with E-state index in [4.69, 9.17) is 9.47 Å². The first-order valence-corrected chi connectivity index (χ1v) is 11.9. The Hall–Kier alpha value is -2.94. The number of carbonyl (C=O) groups excluding carboxylic acids is 4. The Bertz CT molecular complexity index is 1070. The number of rotatable bonds is 3. The van der Waals surface area contributed by atoms with Gasteiger partial charge in [0.15, 0.2) is 0 Å². The molecule has 0 aromatic heterocycles. The Labute approximate surface area is 198 Å². The number of nitrogens with zero attached hydrogens (tertiary/aromatic N) is 2. The first kappa shape index (κ1) is 22.8. The van der Waals surface area contributed by atoms with Gasteiger partial charge < -0.3 is 14.4 Å². The molecule has 0 saturated carbocycles. The molecule has 2 fully saturated rings. The van der Waals surface area contributed by atoms with Gasteiger partial charge in [-0.05, 0) is 59.2 Å². The summed E-state index contributed by atoms with van der Waals surface area (Å²) in [5.74, 6) is -0.347. The second kappa shape index (κ2) is 8.08. The number of ether oxygens (including phenoxy) is 2. The number of piperidine rings is 2. The van der Waals surface area contributed by atoms with Crippen molar-refractivity contribution in [2.45, 2.75) is 70.1 Å². The fraction of sp³-hybridized carbons (Fsp3) is 0.600. The summed E-state index contributed by atoms with van der Waals surface area (Å²) in [5, 5.41) is 2.34. The van der Waals surface area contributed by atoms with Crippen molar-refractivity contribution in [3.8, 4) is 5.75 Å². The average Bonchev–Trinajstić information content (AvgIpc) is 3.27. The van der Waals surface area contributed by atoms with Gasteiger partial charge in [0.25, 0.3) is 5.91 Å². The summed E-state index contributed by atoms with van der Waals surface area (Å²) in [4.78, 5) is 52.9. The molecule has 0 radical (unpaired) electrons. The second-order valence-corrected chi connectivity index (χ2v) is 10.8. The third-order valence-electron chi connectivity index (χ3n) is 7.32. The zero-order valence-corrected chi connectivity index (χ0v) is 19.9. The third-order valence-corrected chi connectivity index (χ3v) is 7.32. The standard InChI is InChI=1S/C25H31N3O6/c1-24(2,3)34-20(30)13-27-10-8-25(9-11-27)14-33-21-16-12-28(18-6-7-19(29)26-22(18)31)23(32)15(16)4-5-17(21)25/h4-5,18H,6-14H2,1-3H3,(H,26,29,31)/t18-/m0/s1. The highest BCUT2D eigenvalue weighted by Gasteiger charge is 2.47. The SMILES string of the molecule is CC(C)(C)OC(=O)CN1CCC2(CC1)COc1c2ccc2c1CN([C@H]1CCC(=O)NC1=O)C2=O. The van der Waals surface area contributed by atoms with Crippen molar-refractivity contribution in [2.24, 2.45) is 0 Å². The number of esters is 1. The zero-order valence-electron chi connectivity index (χ0n) is 19.9. The molecule has 3 amide bonds. The van der Waals surface area contributed by atoms with Crippen molar-refractivity contribution in [3.63, 3.8) is 0 Å². The van der Waals surface area contributed by atoms with Gasteiger partial charge in [-0.15, -0.1) is 0 Å². The van der Waals surface area contributed by atoms with Gasteiger partial charge in [-0.3, -0.25) is 29.4 Å². The van der Waals surface area contributed by atoms with E-state index < -0.39 is 17.6 Å². The Balaban J connectivity index is 1.30. The predicted octanol–water partition coefficient (Wildman–Crippen LogP) is 1.52. The number of fused-ring (bicyclic) bond motifs is 4. The topological polar surface area (TPSA) is 105 Å². The maximum Gasteiger partial charge on any atom is 0.320 e. The van der Waals surface area contributed by atoms with Crippen molar-refractivity contribution in [2.75, 3.05) is 26.2 Å². The first-order chi connectivity index (χ1) is 16.1. The average molecular weight is 470 g/mol. The molecule has 0 bridgehead atoms. The van der Waals surface area contributed by atoms with Gasteiger partial charge >= 0.3 is 5.97 Å². The highest BCUT2D eigenvalue weighted by atomic mass is 16.6. The van der Waals surface area contributed by atoms with Crippen LogP contribution >= 0.6 is 0 Å². The molecular formula is C25H31N3O6. The van der Waals surface area contributed by atoms with E-state index in [1.807, 2.05) is 32.9 Å². The number of imide groups is 1. The van der Waals surface area contributed by atoms with Crippen LogP contribution in [0.4, 0.5) is 0 Å². The smallest absolute Gasteiger partial charge is 0.320 e. The number of amides is 3. The molecule has 4 aliphatic heterocycles. The van der Waals surface area contributed by atoms with Crippen molar-refractivity contribution < 1.29 is 28.7 Å². The lowest BCUT2D eigenvalue weighted by atomic mass is 9.74.